The van der Waals surface area contributed by atoms with E-state index >= 15 is 0 Å². The third-order valence-electron chi connectivity index (χ3n) is 3.22. The number of hydrogen-bond donors (Lipinski definition) is 2. The minimum atomic E-state index is -0.926. The monoisotopic (exact) mass is 249 g/mol. The highest BCUT2D eigenvalue weighted by Crippen LogP contribution is 2.20. The highest BCUT2D eigenvalue weighted by atomic mass is 16.5. The summed E-state index contributed by atoms with van der Waals surface area (Å²) in [5.74, 6) is -0.505. The average molecular weight is 249 g/mol. The van der Waals surface area contributed by atoms with E-state index in [-0.39, 0.29) is 0 Å². The van der Waals surface area contributed by atoms with Crippen molar-refractivity contribution in [3.63, 3.8) is 0 Å². The number of hydrogen-bond acceptors (Lipinski definition) is 3. The van der Waals surface area contributed by atoms with Gasteiger partial charge in [0, 0.05) is 6.54 Å². The van der Waals surface area contributed by atoms with Gasteiger partial charge >= 0.3 is 5.97 Å². The number of piperidine rings is 1. The van der Waals surface area contributed by atoms with Crippen LogP contribution >= 0.6 is 0 Å². The molecule has 0 bridgehead atoms. The molecule has 1 aromatic carbocycles. The molecule has 0 amide bonds. The molecule has 1 saturated heterocycles. The van der Waals surface area contributed by atoms with Crippen LogP contribution in [0.25, 0.3) is 0 Å². The van der Waals surface area contributed by atoms with Gasteiger partial charge in [-0.25, -0.2) is 4.79 Å². The summed E-state index contributed by atoms with van der Waals surface area (Å²) in [6.07, 6.45) is 1.39. The number of rotatable bonds is 5. The highest BCUT2D eigenvalue weighted by molar-refractivity contribution is 5.74. The summed E-state index contributed by atoms with van der Waals surface area (Å²) in [5, 5.41) is 12.5. The van der Waals surface area contributed by atoms with Crippen LogP contribution < -0.4 is 5.32 Å². The second kappa shape index (κ2) is 6.52. The SMILES string of the molecule is O=C(O)C(OCC1CCCNC1)c1ccccc1. The molecule has 1 heterocycles. The van der Waals surface area contributed by atoms with Gasteiger partial charge in [0.1, 0.15) is 0 Å². The van der Waals surface area contributed by atoms with Crippen LogP contribution in [0.4, 0.5) is 0 Å². The average Bonchev–Trinajstić information content (AvgIpc) is 2.41. The predicted molar refractivity (Wildman–Crippen MR) is 68.4 cm³/mol. The van der Waals surface area contributed by atoms with Crippen LogP contribution in [-0.4, -0.2) is 30.8 Å². The molecule has 2 atom stereocenters. The molecule has 0 aromatic heterocycles. The van der Waals surface area contributed by atoms with Crippen molar-refractivity contribution in [2.24, 2.45) is 5.92 Å². The molecule has 2 unspecified atom stereocenters. The Balaban J connectivity index is 1.92. The van der Waals surface area contributed by atoms with Crippen LogP contribution in [0.5, 0.6) is 0 Å². The van der Waals surface area contributed by atoms with Crippen molar-refractivity contribution in [1.82, 2.24) is 5.32 Å². The quantitative estimate of drug-likeness (QED) is 0.836. The summed E-state index contributed by atoms with van der Waals surface area (Å²) >= 11 is 0. The van der Waals surface area contributed by atoms with E-state index in [0.717, 1.165) is 25.9 Å². The maximum atomic E-state index is 11.2. The van der Waals surface area contributed by atoms with Gasteiger partial charge in [-0.1, -0.05) is 30.3 Å². The molecule has 4 nitrogen and oxygen atoms in total. The van der Waals surface area contributed by atoms with Crippen LogP contribution in [0, 0.1) is 5.92 Å². The molecule has 1 fully saturated rings. The van der Waals surface area contributed by atoms with Crippen molar-refractivity contribution in [1.29, 1.82) is 0 Å². The lowest BCUT2D eigenvalue weighted by Crippen LogP contribution is -2.33. The highest BCUT2D eigenvalue weighted by Gasteiger charge is 2.22. The lowest BCUT2D eigenvalue weighted by molar-refractivity contribution is -0.152. The lowest BCUT2D eigenvalue weighted by Gasteiger charge is -2.24. The maximum absolute atomic E-state index is 11.2. The van der Waals surface area contributed by atoms with E-state index in [1.54, 1.807) is 12.1 Å². The normalized spacial score (nSPS) is 21.4. The number of carbonyl (C=O) groups is 1. The van der Waals surface area contributed by atoms with Gasteiger partial charge in [-0.15, -0.1) is 0 Å². The van der Waals surface area contributed by atoms with Gasteiger partial charge in [-0.05, 0) is 30.9 Å². The van der Waals surface area contributed by atoms with Crippen LogP contribution in [0.2, 0.25) is 0 Å². The van der Waals surface area contributed by atoms with Crippen molar-refractivity contribution in [3.05, 3.63) is 35.9 Å². The smallest absolute Gasteiger partial charge is 0.337 e. The third-order valence-corrected chi connectivity index (χ3v) is 3.22. The first kappa shape index (κ1) is 13.1. The summed E-state index contributed by atoms with van der Waals surface area (Å²) < 4.78 is 5.59. The van der Waals surface area contributed by atoms with Gasteiger partial charge < -0.3 is 15.2 Å². The molecule has 0 saturated carbocycles. The Kier molecular flexibility index (Phi) is 4.73. The maximum Gasteiger partial charge on any atom is 0.337 e. The van der Waals surface area contributed by atoms with Gasteiger partial charge in [0.05, 0.1) is 6.61 Å². The minimum absolute atomic E-state index is 0.421. The summed E-state index contributed by atoms with van der Waals surface area (Å²) in [5.41, 5.74) is 0.703. The molecule has 0 aliphatic carbocycles. The summed E-state index contributed by atoms with van der Waals surface area (Å²) in [6, 6.07) is 9.11. The molecule has 1 aromatic rings. The molecular formula is C14H19NO3. The van der Waals surface area contributed by atoms with Gasteiger partial charge in [-0.2, -0.15) is 0 Å². The van der Waals surface area contributed by atoms with Crippen LogP contribution in [-0.2, 0) is 9.53 Å². The Morgan fingerprint density at radius 3 is 2.83 bits per heavy atom. The topological polar surface area (TPSA) is 58.6 Å². The number of benzene rings is 1. The Labute approximate surface area is 107 Å². The molecule has 0 radical (unpaired) electrons. The zero-order valence-corrected chi connectivity index (χ0v) is 10.3. The number of carboxylic acid groups (broad SMARTS) is 1. The Hall–Kier alpha value is -1.39. The van der Waals surface area contributed by atoms with Gasteiger partial charge in [0.15, 0.2) is 6.10 Å². The standard InChI is InChI=1S/C14H19NO3/c16-14(17)13(12-6-2-1-3-7-12)18-10-11-5-4-8-15-9-11/h1-3,6-7,11,13,15H,4-5,8-10H2,(H,16,17). The van der Waals surface area contributed by atoms with Crippen molar-refractivity contribution < 1.29 is 14.6 Å². The lowest BCUT2D eigenvalue weighted by atomic mass is 10.0. The Bertz CT molecular complexity index is 374. The first-order chi connectivity index (χ1) is 8.77. The molecule has 4 heteroatoms. The van der Waals surface area contributed by atoms with Crippen LogP contribution in [0.3, 0.4) is 0 Å². The summed E-state index contributed by atoms with van der Waals surface area (Å²) in [7, 11) is 0. The summed E-state index contributed by atoms with van der Waals surface area (Å²) in [4.78, 5) is 11.2. The fraction of sp³-hybridized carbons (Fsp3) is 0.500. The number of carboxylic acids is 1. The van der Waals surface area contributed by atoms with E-state index in [4.69, 9.17) is 4.74 Å². The largest absolute Gasteiger partial charge is 0.479 e. The fourth-order valence-corrected chi connectivity index (χ4v) is 2.24. The Morgan fingerprint density at radius 2 is 2.22 bits per heavy atom. The second-order valence-corrected chi connectivity index (χ2v) is 4.67. The molecule has 98 valence electrons. The van der Waals surface area contributed by atoms with Gasteiger partial charge in [0.2, 0.25) is 0 Å². The molecule has 2 N–H and O–H groups in total. The molecule has 2 rings (SSSR count). The number of nitrogens with one attached hydrogen (secondary N) is 1. The molecule has 1 aliphatic rings. The predicted octanol–water partition coefficient (Wildman–Crippen LogP) is 1.83. The zero-order chi connectivity index (χ0) is 12.8. The van der Waals surface area contributed by atoms with E-state index in [9.17, 15) is 9.90 Å². The first-order valence-corrected chi connectivity index (χ1v) is 6.37. The van der Waals surface area contributed by atoms with E-state index in [0.29, 0.717) is 18.1 Å². The number of ether oxygens (including phenoxy) is 1. The van der Waals surface area contributed by atoms with Gasteiger partial charge in [-0.3, -0.25) is 0 Å². The molecule has 0 spiro atoms. The van der Waals surface area contributed by atoms with E-state index in [2.05, 4.69) is 5.32 Å². The Morgan fingerprint density at radius 1 is 1.44 bits per heavy atom. The van der Waals surface area contributed by atoms with Crippen LogP contribution in [0.1, 0.15) is 24.5 Å². The van der Waals surface area contributed by atoms with Crippen molar-refractivity contribution in [2.45, 2.75) is 18.9 Å². The zero-order valence-electron chi connectivity index (χ0n) is 10.3. The second-order valence-electron chi connectivity index (χ2n) is 4.67. The van der Waals surface area contributed by atoms with Crippen molar-refractivity contribution in [3.8, 4) is 0 Å². The van der Waals surface area contributed by atoms with E-state index < -0.39 is 12.1 Å². The molecular weight excluding hydrogens is 230 g/mol. The van der Waals surface area contributed by atoms with Crippen molar-refractivity contribution in [2.75, 3.05) is 19.7 Å². The molecule has 1 aliphatic heterocycles. The van der Waals surface area contributed by atoms with Gasteiger partial charge in [0.25, 0.3) is 0 Å². The fourth-order valence-electron chi connectivity index (χ4n) is 2.24. The first-order valence-electron chi connectivity index (χ1n) is 6.37. The molecule has 18 heavy (non-hydrogen) atoms. The van der Waals surface area contributed by atoms with E-state index in [1.807, 2.05) is 18.2 Å². The third kappa shape index (κ3) is 3.55. The van der Waals surface area contributed by atoms with Crippen molar-refractivity contribution >= 4 is 5.97 Å². The summed E-state index contributed by atoms with van der Waals surface area (Å²) in [6.45, 7) is 2.47. The van der Waals surface area contributed by atoms with E-state index in [1.165, 1.54) is 0 Å². The number of aliphatic carboxylic acids is 1. The van der Waals surface area contributed by atoms with Crippen LogP contribution in [0.15, 0.2) is 30.3 Å². The minimum Gasteiger partial charge on any atom is -0.479 e.